The number of nitrogens with one attached hydrogen (secondary N) is 1. The van der Waals surface area contributed by atoms with Crippen LogP contribution in [0.1, 0.15) is 12.0 Å². The van der Waals surface area contributed by atoms with Crippen LogP contribution in [0.4, 0.5) is 9.52 Å². The minimum absolute atomic E-state index is 0.0257. The second-order valence-electron chi connectivity index (χ2n) is 6.12. The number of sulfonamides is 1. The molecule has 10 nitrogen and oxygen atoms in total. The molecule has 1 amide bonds. The summed E-state index contributed by atoms with van der Waals surface area (Å²) < 4.78 is 44.4. The molecule has 31 heavy (non-hydrogen) atoms. The molecule has 0 radical (unpaired) electrons. The monoisotopic (exact) mass is 474 g/mol. The van der Waals surface area contributed by atoms with Crippen LogP contribution in [0.15, 0.2) is 40.5 Å². The summed E-state index contributed by atoms with van der Waals surface area (Å²) >= 11 is 0.642. The first-order valence-electron chi connectivity index (χ1n) is 9.08. The average molecular weight is 475 g/mol. The highest BCUT2D eigenvalue weighted by atomic mass is 32.2. The Morgan fingerprint density at radius 2 is 2.03 bits per heavy atom. The molecule has 1 aromatic heterocycles. The van der Waals surface area contributed by atoms with Crippen molar-refractivity contribution >= 4 is 38.1 Å². The van der Waals surface area contributed by atoms with Crippen molar-refractivity contribution in [2.75, 3.05) is 45.8 Å². The molecule has 0 saturated carbocycles. The van der Waals surface area contributed by atoms with Gasteiger partial charge < -0.3 is 14.7 Å². The van der Waals surface area contributed by atoms with Crippen LogP contribution in [0.25, 0.3) is 0 Å². The van der Waals surface area contributed by atoms with Crippen molar-refractivity contribution in [1.82, 2.24) is 9.29 Å². The minimum atomic E-state index is -3.74. The molecule has 13 heteroatoms. The maximum Gasteiger partial charge on any atom is 0.280 e. The number of hydrogen-bond donors (Lipinski definition) is 2. The molecule has 0 bridgehead atoms. The van der Waals surface area contributed by atoms with E-state index in [1.807, 2.05) is 0 Å². The van der Waals surface area contributed by atoms with Gasteiger partial charge in [-0.25, -0.2) is 13.4 Å². The topological polar surface area (TPSA) is 130 Å². The molecule has 2 rings (SSSR count). The number of hydrogen-bond acceptors (Lipinski definition) is 9. The second-order valence-corrected chi connectivity index (χ2v) is 9.14. The van der Waals surface area contributed by atoms with Crippen LogP contribution < -0.4 is 5.32 Å². The number of ether oxygens (including phenoxy) is 1. The molecule has 0 unspecified atom stereocenters. The SMILES string of the molecule is COCCN(C)S(=O)(=O)c1ccc(/C(=N\OCCCO)C(=O)Nc2ncc(F)s2)cc1. The fourth-order valence-electron chi connectivity index (χ4n) is 2.24. The van der Waals surface area contributed by atoms with Crippen molar-refractivity contribution in [3.63, 3.8) is 0 Å². The molecule has 1 aromatic carbocycles. The Morgan fingerprint density at radius 3 is 2.61 bits per heavy atom. The Morgan fingerprint density at radius 1 is 1.32 bits per heavy atom. The lowest BCUT2D eigenvalue weighted by Gasteiger charge is -2.17. The molecule has 0 atom stereocenters. The maximum atomic E-state index is 13.1. The summed E-state index contributed by atoms with van der Waals surface area (Å²) in [6, 6.07) is 5.50. The average Bonchev–Trinajstić information content (AvgIpc) is 3.16. The Bertz CT molecular complexity index is 995. The third-order valence-corrected chi connectivity index (χ3v) is 6.48. The molecule has 2 aromatic rings. The molecule has 0 spiro atoms. The summed E-state index contributed by atoms with van der Waals surface area (Å²) in [7, 11) is -0.829. The first-order valence-corrected chi connectivity index (χ1v) is 11.3. The van der Waals surface area contributed by atoms with Gasteiger partial charge in [-0.2, -0.15) is 8.70 Å². The maximum absolute atomic E-state index is 13.1. The summed E-state index contributed by atoms with van der Waals surface area (Å²) in [5.41, 5.74) is 0.113. The van der Waals surface area contributed by atoms with Gasteiger partial charge in [0.15, 0.2) is 16.0 Å². The van der Waals surface area contributed by atoms with Crippen molar-refractivity contribution in [1.29, 1.82) is 0 Å². The fourth-order valence-corrected chi connectivity index (χ4v) is 3.93. The Labute approximate surface area is 183 Å². The van der Waals surface area contributed by atoms with Crippen LogP contribution in [0, 0.1) is 5.13 Å². The van der Waals surface area contributed by atoms with Crippen molar-refractivity contribution < 1.29 is 32.3 Å². The molecule has 0 fully saturated rings. The zero-order valence-electron chi connectivity index (χ0n) is 16.9. The normalized spacial score (nSPS) is 12.2. The van der Waals surface area contributed by atoms with E-state index in [0.717, 1.165) is 10.5 Å². The zero-order valence-corrected chi connectivity index (χ0v) is 18.6. The van der Waals surface area contributed by atoms with Crippen LogP contribution in [0.2, 0.25) is 0 Å². The number of aliphatic hydroxyl groups is 1. The van der Waals surface area contributed by atoms with Gasteiger partial charge in [0.1, 0.15) is 6.61 Å². The summed E-state index contributed by atoms with van der Waals surface area (Å²) in [6.07, 6.45) is 1.27. The number of aliphatic hydroxyl groups excluding tert-OH is 1. The van der Waals surface area contributed by atoms with Gasteiger partial charge in [-0.1, -0.05) is 28.6 Å². The number of benzene rings is 1. The fraction of sp³-hybridized carbons (Fsp3) is 0.389. The number of oxime groups is 1. The molecule has 0 aliphatic carbocycles. The lowest BCUT2D eigenvalue weighted by molar-refractivity contribution is -0.110. The lowest BCUT2D eigenvalue weighted by Crippen LogP contribution is -2.30. The second kappa shape index (κ2) is 11.8. The lowest BCUT2D eigenvalue weighted by atomic mass is 10.1. The highest BCUT2D eigenvalue weighted by Crippen LogP contribution is 2.18. The van der Waals surface area contributed by atoms with Crippen molar-refractivity contribution in [2.24, 2.45) is 5.16 Å². The quantitative estimate of drug-likeness (QED) is 0.269. The number of nitrogens with zero attached hydrogens (tertiary/aromatic N) is 3. The predicted molar refractivity (Wildman–Crippen MR) is 113 cm³/mol. The molecular formula is C18H23FN4O6S2. The smallest absolute Gasteiger partial charge is 0.280 e. The van der Waals surface area contributed by atoms with E-state index >= 15 is 0 Å². The third-order valence-electron chi connectivity index (χ3n) is 3.91. The Balaban J connectivity index is 2.25. The number of likely N-dealkylation sites (N-methyl/N-ethyl adjacent to an activating group) is 1. The summed E-state index contributed by atoms with van der Waals surface area (Å²) in [6.45, 7) is 0.376. The van der Waals surface area contributed by atoms with E-state index in [0.29, 0.717) is 17.8 Å². The molecule has 0 aliphatic heterocycles. The van der Waals surface area contributed by atoms with Crippen molar-refractivity contribution in [2.45, 2.75) is 11.3 Å². The number of amides is 1. The molecule has 0 aliphatic rings. The summed E-state index contributed by atoms with van der Waals surface area (Å²) in [5.74, 6) is -0.717. The van der Waals surface area contributed by atoms with Gasteiger partial charge >= 0.3 is 0 Å². The molecule has 0 saturated heterocycles. The van der Waals surface area contributed by atoms with E-state index < -0.39 is 21.1 Å². The minimum Gasteiger partial charge on any atom is -0.396 e. The first kappa shape index (κ1) is 24.8. The van der Waals surface area contributed by atoms with Gasteiger partial charge in [0, 0.05) is 39.3 Å². The van der Waals surface area contributed by atoms with Gasteiger partial charge in [0.25, 0.3) is 5.91 Å². The Kier molecular flexibility index (Phi) is 9.45. The predicted octanol–water partition coefficient (Wildman–Crippen LogP) is 1.29. The van der Waals surface area contributed by atoms with Gasteiger partial charge in [-0.15, -0.1) is 0 Å². The summed E-state index contributed by atoms with van der Waals surface area (Å²) in [5, 5.41) is 14.5. The largest absolute Gasteiger partial charge is 0.396 e. The van der Waals surface area contributed by atoms with E-state index in [4.69, 9.17) is 14.7 Å². The van der Waals surface area contributed by atoms with Crippen LogP contribution in [0.5, 0.6) is 0 Å². The number of methoxy groups -OCH3 is 1. The number of aromatic nitrogens is 1. The number of thiazole rings is 1. The van der Waals surface area contributed by atoms with E-state index in [-0.39, 0.29) is 47.7 Å². The zero-order chi connectivity index (χ0) is 22.9. The summed E-state index contributed by atoms with van der Waals surface area (Å²) in [4.78, 5) is 21.4. The highest BCUT2D eigenvalue weighted by molar-refractivity contribution is 7.89. The number of carbonyl (C=O) groups excluding carboxylic acids is 1. The standard InChI is InChI=1S/C18H23FN4O6S2/c1-23(8-11-28-2)31(26,27)14-6-4-13(5-7-14)16(22-29-10-3-9-24)17(25)21-18-20-12-15(19)30-18/h4-7,12,24H,3,8-11H2,1-2H3,(H,20,21,25)/b22-16+. The third kappa shape index (κ3) is 7.04. The van der Waals surface area contributed by atoms with Crippen molar-refractivity contribution in [3.8, 4) is 0 Å². The Hall–Kier alpha value is -2.45. The number of carbonyl (C=O) groups is 1. The highest BCUT2D eigenvalue weighted by Gasteiger charge is 2.22. The van der Waals surface area contributed by atoms with Gasteiger partial charge in [-0.05, 0) is 12.1 Å². The molecular weight excluding hydrogens is 451 g/mol. The van der Waals surface area contributed by atoms with Gasteiger partial charge in [0.05, 0.1) is 17.7 Å². The van der Waals surface area contributed by atoms with Crippen LogP contribution in [0.3, 0.4) is 0 Å². The van der Waals surface area contributed by atoms with Crippen LogP contribution >= 0.6 is 11.3 Å². The number of anilines is 1. The van der Waals surface area contributed by atoms with E-state index in [1.165, 1.54) is 38.4 Å². The van der Waals surface area contributed by atoms with E-state index in [9.17, 15) is 17.6 Å². The number of rotatable bonds is 12. The van der Waals surface area contributed by atoms with Crippen LogP contribution in [-0.2, 0) is 24.4 Å². The van der Waals surface area contributed by atoms with Crippen molar-refractivity contribution in [3.05, 3.63) is 41.2 Å². The molecule has 1 heterocycles. The first-order chi connectivity index (χ1) is 14.8. The van der Waals surface area contributed by atoms with Gasteiger partial charge in [-0.3, -0.25) is 10.1 Å². The van der Waals surface area contributed by atoms with E-state index in [1.54, 1.807) is 0 Å². The molecule has 2 N–H and O–H groups in total. The molecule has 170 valence electrons. The van der Waals surface area contributed by atoms with E-state index in [2.05, 4.69) is 15.5 Å². The van der Waals surface area contributed by atoms with Crippen LogP contribution in [-0.4, -0.2) is 75.0 Å². The number of halogens is 1. The van der Waals surface area contributed by atoms with Gasteiger partial charge in [0.2, 0.25) is 10.0 Å².